The van der Waals surface area contributed by atoms with E-state index >= 15 is 0 Å². The SMILES string of the molecule is C/C(=C/CCCl)Cc1c(C)cccc1C. The lowest BCUT2D eigenvalue weighted by molar-refractivity contribution is 1.06. The second-order valence-corrected chi connectivity index (χ2v) is 4.45. The summed E-state index contributed by atoms with van der Waals surface area (Å²) in [5.74, 6) is 0.712. The highest BCUT2D eigenvalue weighted by Gasteiger charge is 2.02. The molecule has 0 unspecified atom stereocenters. The zero-order valence-electron chi connectivity index (χ0n) is 9.81. The van der Waals surface area contributed by atoms with Crippen molar-refractivity contribution in [2.75, 3.05) is 5.88 Å². The Labute approximate surface area is 98.0 Å². The number of hydrogen-bond acceptors (Lipinski definition) is 0. The maximum Gasteiger partial charge on any atom is 0.0258 e. The molecule has 0 radical (unpaired) electrons. The van der Waals surface area contributed by atoms with Gasteiger partial charge in [-0.1, -0.05) is 29.8 Å². The first-order chi connectivity index (χ1) is 7.15. The molecule has 1 rings (SSSR count). The third-order valence-corrected chi connectivity index (χ3v) is 2.92. The van der Waals surface area contributed by atoms with E-state index in [2.05, 4.69) is 45.0 Å². The standard InChI is InChI=1S/C14H19Cl/c1-11(6-5-9-15)10-14-12(2)7-4-8-13(14)3/h4,6-8H,5,9-10H2,1-3H3/b11-6-. The zero-order valence-corrected chi connectivity index (χ0v) is 10.6. The number of hydrogen-bond donors (Lipinski definition) is 0. The molecule has 0 aliphatic rings. The van der Waals surface area contributed by atoms with Gasteiger partial charge in [-0.25, -0.2) is 0 Å². The van der Waals surface area contributed by atoms with E-state index in [9.17, 15) is 0 Å². The summed E-state index contributed by atoms with van der Waals surface area (Å²) < 4.78 is 0. The molecule has 0 saturated carbocycles. The molecule has 0 aliphatic heterocycles. The van der Waals surface area contributed by atoms with Crippen LogP contribution in [0.25, 0.3) is 0 Å². The monoisotopic (exact) mass is 222 g/mol. The summed E-state index contributed by atoms with van der Waals surface area (Å²) in [6.07, 6.45) is 4.26. The van der Waals surface area contributed by atoms with E-state index in [-0.39, 0.29) is 0 Å². The Bertz CT molecular complexity index is 330. The maximum absolute atomic E-state index is 5.67. The molecule has 0 aromatic heterocycles. The van der Waals surface area contributed by atoms with Crippen molar-refractivity contribution in [1.82, 2.24) is 0 Å². The van der Waals surface area contributed by atoms with Gasteiger partial charge < -0.3 is 0 Å². The number of alkyl halides is 1. The first-order valence-corrected chi connectivity index (χ1v) is 5.95. The van der Waals surface area contributed by atoms with E-state index in [0.717, 1.165) is 12.8 Å². The second kappa shape index (κ2) is 5.97. The second-order valence-electron chi connectivity index (χ2n) is 4.08. The van der Waals surface area contributed by atoms with Crippen LogP contribution in [0, 0.1) is 13.8 Å². The van der Waals surface area contributed by atoms with E-state index in [0.29, 0.717) is 5.88 Å². The van der Waals surface area contributed by atoms with Crippen LogP contribution >= 0.6 is 11.6 Å². The molecule has 0 nitrogen and oxygen atoms in total. The Balaban J connectivity index is 2.80. The molecule has 0 amide bonds. The molecule has 0 saturated heterocycles. The van der Waals surface area contributed by atoms with Gasteiger partial charge in [-0.15, -0.1) is 11.6 Å². The van der Waals surface area contributed by atoms with Crippen LogP contribution in [-0.4, -0.2) is 5.88 Å². The van der Waals surface area contributed by atoms with E-state index < -0.39 is 0 Å². The van der Waals surface area contributed by atoms with E-state index in [1.54, 1.807) is 0 Å². The third-order valence-electron chi connectivity index (χ3n) is 2.70. The first-order valence-electron chi connectivity index (χ1n) is 5.42. The fraction of sp³-hybridized carbons (Fsp3) is 0.429. The smallest absolute Gasteiger partial charge is 0.0258 e. The van der Waals surface area contributed by atoms with Crippen LogP contribution in [0.15, 0.2) is 29.8 Å². The topological polar surface area (TPSA) is 0 Å². The molecular formula is C14H19Cl. The molecule has 0 fully saturated rings. The summed E-state index contributed by atoms with van der Waals surface area (Å²) in [5, 5.41) is 0. The van der Waals surface area contributed by atoms with Crippen molar-refractivity contribution >= 4 is 11.6 Å². The summed E-state index contributed by atoms with van der Waals surface area (Å²) in [4.78, 5) is 0. The lowest BCUT2D eigenvalue weighted by Crippen LogP contribution is -1.95. The predicted octanol–water partition coefficient (Wildman–Crippen LogP) is 4.42. The molecular weight excluding hydrogens is 204 g/mol. The number of rotatable bonds is 4. The van der Waals surface area contributed by atoms with Crippen molar-refractivity contribution in [3.63, 3.8) is 0 Å². The van der Waals surface area contributed by atoms with Crippen LogP contribution in [0.1, 0.15) is 30.0 Å². The molecule has 0 aliphatic carbocycles. The Hall–Kier alpha value is -0.750. The van der Waals surface area contributed by atoms with Crippen LogP contribution in [-0.2, 0) is 6.42 Å². The van der Waals surface area contributed by atoms with Gasteiger partial charge in [0.1, 0.15) is 0 Å². The molecule has 82 valence electrons. The molecule has 0 spiro atoms. The van der Waals surface area contributed by atoms with Gasteiger partial charge in [-0.3, -0.25) is 0 Å². The van der Waals surface area contributed by atoms with Crippen molar-refractivity contribution in [3.8, 4) is 0 Å². The minimum absolute atomic E-state index is 0.712. The summed E-state index contributed by atoms with van der Waals surface area (Å²) in [5.41, 5.74) is 5.64. The number of halogens is 1. The summed E-state index contributed by atoms with van der Waals surface area (Å²) in [6, 6.07) is 6.47. The molecule has 0 N–H and O–H groups in total. The molecule has 0 atom stereocenters. The summed E-state index contributed by atoms with van der Waals surface area (Å²) in [6.45, 7) is 6.53. The minimum Gasteiger partial charge on any atom is -0.126 e. The number of aryl methyl sites for hydroxylation is 2. The predicted molar refractivity (Wildman–Crippen MR) is 68.7 cm³/mol. The fourth-order valence-corrected chi connectivity index (χ4v) is 1.89. The van der Waals surface area contributed by atoms with E-state index in [1.807, 2.05) is 0 Å². The maximum atomic E-state index is 5.67. The Kier molecular flexibility index (Phi) is 4.90. The molecule has 0 bridgehead atoms. The van der Waals surface area contributed by atoms with Crippen molar-refractivity contribution < 1.29 is 0 Å². The summed E-state index contributed by atoms with van der Waals surface area (Å²) in [7, 11) is 0. The molecule has 1 aromatic rings. The normalized spacial score (nSPS) is 11.9. The summed E-state index contributed by atoms with van der Waals surface area (Å²) >= 11 is 5.67. The van der Waals surface area contributed by atoms with E-state index in [1.165, 1.54) is 22.3 Å². The minimum atomic E-state index is 0.712. The average molecular weight is 223 g/mol. The lowest BCUT2D eigenvalue weighted by Gasteiger charge is -2.09. The van der Waals surface area contributed by atoms with Crippen LogP contribution in [0.4, 0.5) is 0 Å². The van der Waals surface area contributed by atoms with Crippen molar-refractivity contribution in [2.24, 2.45) is 0 Å². The Morgan fingerprint density at radius 3 is 2.40 bits per heavy atom. The highest BCUT2D eigenvalue weighted by molar-refractivity contribution is 6.17. The Morgan fingerprint density at radius 2 is 1.87 bits per heavy atom. The van der Waals surface area contributed by atoms with Gasteiger partial charge in [-0.2, -0.15) is 0 Å². The van der Waals surface area contributed by atoms with Crippen LogP contribution in [0.2, 0.25) is 0 Å². The van der Waals surface area contributed by atoms with Crippen LogP contribution < -0.4 is 0 Å². The average Bonchev–Trinajstić information content (AvgIpc) is 2.21. The van der Waals surface area contributed by atoms with Gasteiger partial charge in [0.15, 0.2) is 0 Å². The highest BCUT2D eigenvalue weighted by Crippen LogP contribution is 2.17. The third kappa shape index (κ3) is 3.71. The Morgan fingerprint density at radius 1 is 1.27 bits per heavy atom. The lowest BCUT2D eigenvalue weighted by atomic mass is 9.96. The van der Waals surface area contributed by atoms with E-state index in [4.69, 9.17) is 11.6 Å². The highest BCUT2D eigenvalue weighted by atomic mass is 35.5. The van der Waals surface area contributed by atoms with Gasteiger partial charge >= 0.3 is 0 Å². The number of benzene rings is 1. The van der Waals surface area contributed by atoms with Crippen molar-refractivity contribution in [3.05, 3.63) is 46.5 Å². The van der Waals surface area contributed by atoms with Crippen molar-refractivity contribution in [1.29, 1.82) is 0 Å². The largest absolute Gasteiger partial charge is 0.126 e. The van der Waals surface area contributed by atoms with Gasteiger partial charge in [0.2, 0.25) is 0 Å². The van der Waals surface area contributed by atoms with Crippen LogP contribution in [0.5, 0.6) is 0 Å². The fourth-order valence-electron chi connectivity index (χ4n) is 1.78. The first kappa shape index (κ1) is 12.3. The molecule has 1 aromatic carbocycles. The molecule has 15 heavy (non-hydrogen) atoms. The van der Waals surface area contributed by atoms with Crippen LogP contribution in [0.3, 0.4) is 0 Å². The molecule has 1 heteroatoms. The van der Waals surface area contributed by atoms with Gasteiger partial charge in [0, 0.05) is 5.88 Å². The zero-order chi connectivity index (χ0) is 11.3. The molecule has 0 heterocycles. The quantitative estimate of drug-likeness (QED) is 0.523. The van der Waals surface area contributed by atoms with Gasteiger partial charge in [0.25, 0.3) is 0 Å². The number of allylic oxidation sites excluding steroid dienone is 2. The van der Waals surface area contributed by atoms with Gasteiger partial charge in [-0.05, 0) is 50.3 Å². The van der Waals surface area contributed by atoms with Crippen molar-refractivity contribution in [2.45, 2.75) is 33.6 Å². The van der Waals surface area contributed by atoms with Gasteiger partial charge in [0.05, 0.1) is 0 Å².